The molecular formula is C4H8S. The van der Waals surface area contributed by atoms with E-state index in [0.717, 1.165) is 0 Å². The molecule has 0 saturated carbocycles. The molecule has 0 N–H and O–H groups in total. The summed E-state index contributed by atoms with van der Waals surface area (Å²) in [5, 5.41) is 0. The first-order valence-corrected chi connectivity index (χ1v) is 1.15. The molecule has 30 valence electrons. The van der Waals surface area contributed by atoms with Gasteiger partial charge in [-0.2, -0.15) is 13.5 Å². The molecule has 0 bridgehead atoms. The van der Waals surface area contributed by atoms with Crippen LogP contribution in [0, 0.1) is 0 Å². The molecule has 0 aromatic carbocycles. The maximum absolute atomic E-state index is 3.36. The van der Waals surface area contributed by atoms with Gasteiger partial charge in [0.05, 0.1) is 0 Å². The predicted octanol–water partition coefficient (Wildman–Crippen LogP) is 1.47. The molecule has 0 radical (unpaired) electrons. The SMILES string of the molecule is C=CC=C.S. The highest BCUT2D eigenvalue weighted by molar-refractivity contribution is 7.59. The Morgan fingerprint density at radius 2 is 1.20 bits per heavy atom. The molecule has 0 aromatic heterocycles. The van der Waals surface area contributed by atoms with Crippen molar-refractivity contribution in [2.24, 2.45) is 0 Å². The lowest BCUT2D eigenvalue weighted by Gasteiger charge is -1.44. The molecule has 0 aliphatic heterocycles. The smallest absolute Gasteiger partial charge is 0.0701 e. The van der Waals surface area contributed by atoms with E-state index in [-0.39, 0.29) is 13.5 Å². The first-order valence-electron chi connectivity index (χ1n) is 1.15. The van der Waals surface area contributed by atoms with Crippen LogP contribution in [0.4, 0.5) is 0 Å². The molecule has 0 nitrogen and oxygen atoms in total. The summed E-state index contributed by atoms with van der Waals surface area (Å²) in [6, 6.07) is 0. The van der Waals surface area contributed by atoms with E-state index in [1.807, 2.05) is 0 Å². The molecule has 0 spiro atoms. The molecule has 0 saturated heterocycles. The van der Waals surface area contributed by atoms with Gasteiger partial charge in [-0.05, 0) is 0 Å². The van der Waals surface area contributed by atoms with Gasteiger partial charge in [0.25, 0.3) is 0 Å². The van der Waals surface area contributed by atoms with Crippen LogP contribution >= 0.6 is 13.5 Å². The Bertz CT molecular complexity index is 24.6. The highest BCUT2D eigenvalue weighted by Gasteiger charge is 1.29. The molecule has 0 rings (SSSR count). The lowest BCUT2D eigenvalue weighted by Crippen LogP contribution is -1.21. The average molecular weight is 88.2 g/mol. The third-order valence-electron chi connectivity index (χ3n) is 0.167. The Morgan fingerprint density at radius 1 is 1.00 bits per heavy atom. The van der Waals surface area contributed by atoms with Gasteiger partial charge in [-0.1, -0.05) is 25.3 Å². The van der Waals surface area contributed by atoms with Crippen LogP contribution in [0.15, 0.2) is 25.3 Å². The Kier molecular flexibility index (Phi) is 16.2. The molecule has 0 aromatic rings. The second-order valence-corrected chi connectivity index (χ2v) is 0.471. The van der Waals surface area contributed by atoms with Crippen molar-refractivity contribution in [2.45, 2.75) is 0 Å². The van der Waals surface area contributed by atoms with Crippen molar-refractivity contribution >= 4 is 13.5 Å². The standard InChI is InChI=1S/C4H6.H2S/c1-3-4-2;/h3-4H,1-2H2;1H2. The van der Waals surface area contributed by atoms with Crippen LogP contribution in [0.25, 0.3) is 0 Å². The number of hydrogen-bond acceptors (Lipinski definition) is 0. The van der Waals surface area contributed by atoms with E-state index in [0.29, 0.717) is 0 Å². The molecular weight excluding hydrogens is 80.1 g/mol. The zero-order chi connectivity index (χ0) is 3.41. The normalized spacial score (nSPS) is 4.00. The van der Waals surface area contributed by atoms with Crippen LogP contribution in [-0.4, -0.2) is 0 Å². The van der Waals surface area contributed by atoms with E-state index in [1.165, 1.54) is 0 Å². The van der Waals surface area contributed by atoms with Crippen molar-refractivity contribution in [3.8, 4) is 0 Å². The van der Waals surface area contributed by atoms with E-state index in [2.05, 4.69) is 13.2 Å². The molecule has 0 amide bonds. The number of hydrogen-bond donors (Lipinski definition) is 0. The Hall–Kier alpha value is -0.170. The van der Waals surface area contributed by atoms with Crippen LogP contribution in [0.3, 0.4) is 0 Å². The molecule has 0 fully saturated rings. The first-order chi connectivity index (χ1) is 1.91. The fraction of sp³-hybridized carbons (Fsp3) is 0. The van der Waals surface area contributed by atoms with E-state index >= 15 is 0 Å². The first kappa shape index (κ1) is 8.85. The summed E-state index contributed by atoms with van der Waals surface area (Å²) >= 11 is 0. The average Bonchev–Trinajstić information content (AvgIpc) is 1.37. The van der Waals surface area contributed by atoms with Gasteiger partial charge >= 0.3 is 0 Å². The fourth-order valence-electron chi connectivity index (χ4n) is 0. The van der Waals surface area contributed by atoms with Gasteiger partial charge in [0.1, 0.15) is 0 Å². The van der Waals surface area contributed by atoms with Gasteiger partial charge < -0.3 is 0 Å². The summed E-state index contributed by atoms with van der Waals surface area (Å²) in [6.07, 6.45) is 3.28. The van der Waals surface area contributed by atoms with Crippen molar-refractivity contribution in [2.75, 3.05) is 0 Å². The number of rotatable bonds is 1. The van der Waals surface area contributed by atoms with Gasteiger partial charge in [-0.3, -0.25) is 0 Å². The van der Waals surface area contributed by atoms with E-state index < -0.39 is 0 Å². The molecule has 0 aliphatic rings. The molecule has 1 heteroatoms. The topological polar surface area (TPSA) is 0 Å². The minimum atomic E-state index is 0. The zero-order valence-corrected chi connectivity index (χ0v) is 4.07. The lowest BCUT2D eigenvalue weighted by atomic mass is 10.6. The van der Waals surface area contributed by atoms with Crippen molar-refractivity contribution in [1.82, 2.24) is 0 Å². The fourth-order valence-corrected chi connectivity index (χ4v) is 0. The van der Waals surface area contributed by atoms with Crippen LogP contribution in [-0.2, 0) is 0 Å². The highest BCUT2D eigenvalue weighted by Crippen LogP contribution is 1.52. The molecule has 0 unspecified atom stereocenters. The van der Waals surface area contributed by atoms with E-state index in [4.69, 9.17) is 0 Å². The second kappa shape index (κ2) is 9.16. The van der Waals surface area contributed by atoms with Crippen molar-refractivity contribution < 1.29 is 0 Å². The van der Waals surface area contributed by atoms with Crippen LogP contribution < -0.4 is 0 Å². The monoisotopic (exact) mass is 88.0 g/mol. The Balaban J connectivity index is 0. The zero-order valence-electron chi connectivity index (χ0n) is 3.07. The van der Waals surface area contributed by atoms with Gasteiger partial charge in [0.2, 0.25) is 0 Å². The highest BCUT2D eigenvalue weighted by atomic mass is 32.1. The Labute approximate surface area is 39.6 Å². The molecule has 0 atom stereocenters. The number of allylic oxidation sites excluding steroid dienone is 2. The summed E-state index contributed by atoms with van der Waals surface area (Å²) in [5.41, 5.74) is 0. The molecule has 0 heterocycles. The van der Waals surface area contributed by atoms with Crippen LogP contribution in [0.5, 0.6) is 0 Å². The quantitative estimate of drug-likeness (QED) is 0.426. The van der Waals surface area contributed by atoms with Gasteiger partial charge in [0.15, 0.2) is 0 Å². The second-order valence-electron chi connectivity index (χ2n) is 0.471. The van der Waals surface area contributed by atoms with Crippen LogP contribution in [0.1, 0.15) is 0 Å². The van der Waals surface area contributed by atoms with E-state index in [9.17, 15) is 0 Å². The maximum atomic E-state index is 3.36. The molecule has 0 aliphatic carbocycles. The third-order valence-corrected chi connectivity index (χ3v) is 0.167. The maximum Gasteiger partial charge on any atom is -0.0701 e. The summed E-state index contributed by atoms with van der Waals surface area (Å²) in [5.74, 6) is 0. The molecule has 5 heavy (non-hydrogen) atoms. The van der Waals surface area contributed by atoms with Crippen LogP contribution in [0.2, 0.25) is 0 Å². The third kappa shape index (κ3) is 18.6. The largest absolute Gasteiger partial charge is 0.197 e. The summed E-state index contributed by atoms with van der Waals surface area (Å²) in [7, 11) is 0. The van der Waals surface area contributed by atoms with Crippen molar-refractivity contribution in [3.05, 3.63) is 25.3 Å². The minimum absolute atomic E-state index is 0. The lowest BCUT2D eigenvalue weighted by molar-refractivity contribution is 2.15. The predicted molar refractivity (Wildman–Crippen MR) is 30.8 cm³/mol. The van der Waals surface area contributed by atoms with Crippen molar-refractivity contribution in [1.29, 1.82) is 0 Å². The summed E-state index contributed by atoms with van der Waals surface area (Å²) in [4.78, 5) is 0. The van der Waals surface area contributed by atoms with Gasteiger partial charge in [-0.15, -0.1) is 0 Å². The summed E-state index contributed by atoms with van der Waals surface area (Å²) in [6.45, 7) is 6.72. The Morgan fingerprint density at radius 3 is 1.20 bits per heavy atom. The van der Waals surface area contributed by atoms with E-state index in [1.54, 1.807) is 12.2 Å². The van der Waals surface area contributed by atoms with Gasteiger partial charge in [0, 0.05) is 0 Å². The summed E-state index contributed by atoms with van der Waals surface area (Å²) < 4.78 is 0. The van der Waals surface area contributed by atoms with Crippen molar-refractivity contribution in [3.63, 3.8) is 0 Å². The minimum Gasteiger partial charge on any atom is -0.197 e. The van der Waals surface area contributed by atoms with Gasteiger partial charge in [-0.25, -0.2) is 0 Å².